The maximum absolute atomic E-state index is 2.40. The molecule has 0 aliphatic carbocycles. The summed E-state index contributed by atoms with van der Waals surface area (Å²) in [5.41, 5.74) is 8.40. The summed E-state index contributed by atoms with van der Waals surface area (Å²) in [6, 6.07) is 64.0. The number of fused-ring (bicyclic) bond motifs is 5. The number of hydrogen-bond acceptors (Lipinski definition) is 2. The van der Waals surface area contributed by atoms with Gasteiger partial charge in [-0.1, -0.05) is 121 Å². The van der Waals surface area contributed by atoms with Gasteiger partial charge < -0.3 is 4.90 Å². The molecule has 0 amide bonds. The number of para-hydroxylation sites is 1. The Balaban J connectivity index is 1.10. The molecule has 8 aromatic carbocycles. The number of rotatable bonds is 5. The summed E-state index contributed by atoms with van der Waals surface area (Å²) in [5, 5.41) is 7.59. The minimum atomic E-state index is 1.15. The highest BCUT2D eigenvalue weighted by molar-refractivity contribution is 7.26. The van der Waals surface area contributed by atoms with Crippen LogP contribution in [-0.2, 0) is 0 Å². The van der Waals surface area contributed by atoms with E-state index in [0.29, 0.717) is 0 Å². The topological polar surface area (TPSA) is 3.24 Å². The molecule has 0 bridgehead atoms. The predicted octanol–water partition coefficient (Wildman–Crippen LogP) is 13.2. The van der Waals surface area contributed by atoms with E-state index in [1.165, 1.54) is 69.7 Å². The van der Waals surface area contributed by atoms with E-state index in [1.807, 2.05) is 11.3 Å². The van der Waals surface area contributed by atoms with Gasteiger partial charge in [0.25, 0.3) is 0 Å². The second kappa shape index (κ2) is 11.0. The maximum atomic E-state index is 2.40. The lowest BCUT2D eigenvalue weighted by molar-refractivity contribution is 1.31. The van der Waals surface area contributed by atoms with Crippen LogP contribution < -0.4 is 4.90 Å². The summed E-state index contributed by atoms with van der Waals surface area (Å²) in [7, 11) is 0. The molecule has 1 aromatic heterocycles. The average molecular weight is 604 g/mol. The molecule has 0 fully saturated rings. The zero-order valence-electron chi connectivity index (χ0n) is 25.1. The van der Waals surface area contributed by atoms with Crippen molar-refractivity contribution in [1.82, 2.24) is 0 Å². The van der Waals surface area contributed by atoms with Gasteiger partial charge in [0.1, 0.15) is 0 Å². The van der Waals surface area contributed by atoms with Crippen LogP contribution in [0.1, 0.15) is 0 Å². The van der Waals surface area contributed by atoms with E-state index < -0.39 is 0 Å². The van der Waals surface area contributed by atoms with Crippen LogP contribution >= 0.6 is 11.3 Å². The summed E-state index contributed by atoms with van der Waals surface area (Å²) in [4.78, 5) is 2.40. The Morgan fingerprint density at radius 1 is 0.348 bits per heavy atom. The van der Waals surface area contributed by atoms with Gasteiger partial charge in [-0.2, -0.15) is 0 Å². The fraction of sp³-hybridized carbons (Fsp3) is 0. The Labute approximate surface area is 272 Å². The van der Waals surface area contributed by atoms with E-state index in [9.17, 15) is 0 Å². The van der Waals surface area contributed by atoms with Crippen LogP contribution in [0, 0.1) is 0 Å². The van der Waals surface area contributed by atoms with Crippen molar-refractivity contribution in [3.05, 3.63) is 176 Å². The van der Waals surface area contributed by atoms with E-state index in [2.05, 4.69) is 181 Å². The van der Waals surface area contributed by atoms with Crippen LogP contribution in [0.3, 0.4) is 0 Å². The van der Waals surface area contributed by atoms with Crippen molar-refractivity contribution < 1.29 is 0 Å². The van der Waals surface area contributed by atoms with Crippen LogP contribution in [0.15, 0.2) is 176 Å². The van der Waals surface area contributed by atoms with E-state index in [0.717, 1.165) is 11.4 Å². The number of nitrogens with zero attached hydrogens (tertiary/aromatic N) is 1. The van der Waals surface area contributed by atoms with Gasteiger partial charge in [-0.15, -0.1) is 11.3 Å². The van der Waals surface area contributed by atoms with Crippen molar-refractivity contribution in [2.75, 3.05) is 4.90 Å². The second-order valence-electron chi connectivity index (χ2n) is 11.8. The molecule has 2 heteroatoms. The largest absolute Gasteiger partial charge is 0.310 e. The third kappa shape index (κ3) is 4.63. The highest BCUT2D eigenvalue weighted by Crippen LogP contribution is 2.45. The molecular weight excluding hydrogens is 575 g/mol. The summed E-state index contributed by atoms with van der Waals surface area (Å²) in [6.45, 7) is 0. The quantitative estimate of drug-likeness (QED) is 0.189. The SMILES string of the molecule is c1ccc(N(c2ccc3cc(-c4ccc(-c5ccc6ccccc6c5)cc4)ccc3c2)c2cccc3sc4ccccc4c23)cc1. The smallest absolute Gasteiger partial charge is 0.0554 e. The Morgan fingerprint density at radius 3 is 1.70 bits per heavy atom. The first-order chi connectivity index (χ1) is 22.8. The first-order valence-electron chi connectivity index (χ1n) is 15.7. The Kier molecular flexibility index (Phi) is 6.40. The predicted molar refractivity (Wildman–Crippen MR) is 200 cm³/mol. The van der Waals surface area contributed by atoms with Crippen molar-refractivity contribution >= 4 is 70.1 Å². The molecule has 0 unspecified atom stereocenters. The van der Waals surface area contributed by atoms with Crippen molar-refractivity contribution in [1.29, 1.82) is 0 Å². The summed E-state index contributed by atoms with van der Waals surface area (Å²) in [6.07, 6.45) is 0. The van der Waals surface area contributed by atoms with Crippen LogP contribution in [0.2, 0.25) is 0 Å². The molecule has 0 aliphatic heterocycles. The van der Waals surface area contributed by atoms with Gasteiger partial charge >= 0.3 is 0 Å². The van der Waals surface area contributed by atoms with Crippen molar-refractivity contribution in [3.8, 4) is 22.3 Å². The molecule has 0 spiro atoms. The van der Waals surface area contributed by atoms with Crippen molar-refractivity contribution in [2.24, 2.45) is 0 Å². The molecule has 0 aliphatic rings. The van der Waals surface area contributed by atoms with Crippen molar-refractivity contribution in [3.63, 3.8) is 0 Å². The molecule has 9 aromatic rings. The second-order valence-corrected chi connectivity index (χ2v) is 12.9. The normalized spacial score (nSPS) is 11.5. The highest BCUT2D eigenvalue weighted by atomic mass is 32.1. The molecule has 1 heterocycles. The number of thiophene rings is 1. The third-order valence-corrected chi connectivity index (χ3v) is 10.2. The van der Waals surface area contributed by atoms with Gasteiger partial charge in [0.05, 0.1) is 5.69 Å². The zero-order valence-corrected chi connectivity index (χ0v) is 25.9. The lowest BCUT2D eigenvalue weighted by Crippen LogP contribution is -2.10. The Morgan fingerprint density at radius 2 is 0.913 bits per heavy atom. The molecule has 216 valence electrons. The lowest BCUT2D eigenvalue weighted by atomic mass is 9.97. The van der Waals surface area contributed by atoms with Crippen LogP contribution in [0.5, 0.6) is 0 Å². The third-order valence-electron chi connectivity index (χ3n) is 9.02. The fourth-order valence-electron chi connectivity index (χ4n) is 6.72. The van der Waals surface area contributed by atoms with Crippen LogP contribution in [-0.4, -0.2) is 0 Å². The minimum absolute atomic E-state index is 1.15. The summed E-state index contributed by atoms with van der Waals surface area (Å²) in [5.74, 6) is 0. The molecule has 0 radical (unpaired) electrons. The maximum Gasteiger partial charge on any atom is 0.0554 e. The molecule has 46 heavy (non-hydrogen) atoms. The zero-order chi connectivity index (χ0) is 30.5. The van der Waals surface area contributed by atoms with E-state index in [4.69, 9.17) is 0 Å². The summed E-state index contributed by atoms with van der Waals surface area (Å²) >= 11 is 1.86. The number of benzene rings is 8. The molecule has 0 atom stereocenters. The fourth-order valence-corrected chi connectivity index (χ4v) is 7.85. The number of anilines is 3. The number of hydrogen-bond donors (Lipinski definition) is 0. The van der Waals surface area contributed by atoms with Crippen LogP contribution in [0.4, 0.5) is 17.1 Å². The van der Waals surface area contributed by atoms with E-state index >= 15 is 0 Å². The van der Waals surface area contributed by atoms with Gasteiger partial charge in [0.2, 0.25) is 0 Å². The van der Waals surface area contributed by atoms with Gasteiger partial charge in [0.15, 0.2) is 0 Å². The van der Waals surface area contributed by atoms with Gasteiger partial charge in [-0.25, -0.2) is 0 Å². The Bertz CT molecular complexity index is 2530. The molecule has 9 rings (SSSR count). The minimum Gasteiger partial charge on any atom is -0.310 e. The molecule has 1 nitrogen and oxygen atoms in total. The standard InChI is InChI=1S/C44H29NS/c1-2-11-38(12-3-1)45(41-14-8-16-43-44(41)40-13-6-7-15-42(40)46-43)39-26-25-36-28-35(23-24-37(36)29-39)32-19-17-31(18-20-32)34-22-21-30-9-4-5-10-33(30)27-34/h1-29H. The first-order valence-corrected chi connectivity index (χ1v) is 16.5. The van der Waals surface area contributed by atoms with Gasteiger partial charge in [-0.3, -0.25) is 0 Å². The van der Waals surface area contributed by atoms with Crippen LogP contribution in [0.25, 0.3) is 64.0 Å². The monoisotopic (exact) mass is 603 g/mol. The van der Waals surface area contributed by atoms with Gasteiger partial charge in [0, 0.05) is 31.5 Å². The molecule has 0 saturated carbocycles. The molecular formula is C44H29NS. The summed E-state index contributed by atoms with van der Waals surface area (Å²) < 4.78 is 2.62. The van der Waals surface area contributed by atoms with Gasteiger partial charge in [-0.05, 0) is 98.4 Å². The first kappa shape index (κ1) is 26.7. The molecule has 0 N–H and O–H groups in total. The van der Waals surface area contributed by atoms with Crippen molar-refractivity contribution in [2.45, 2.75) is 0 Å². The van der Waals surface area contributed by atoms with E-state index in [1.54, 1.807) is 0 Å². The average Bonchev–Trinajstić information content (AvgIpc) is 3.51. The highest BCUT2D eigenvalue weighted by Gasteiger charge is 2.18. The van der Waals surface area contributed by atoms with E-state index in [-0.39, 0.29) is 0 Å². The lowest BCUT2D eigenvalue weighted by Gasteiger charge is -2.27. The Hall–Kier alpha value is -5.70. The molecule has 0 saturated heterocycles.